The van der Waals surface area contributed by atoms with E-state index < -0.39 is 5.56 Å². The zero-order valence-corrected chi connectivity index (χ0v) is 8.51. The molecule has 0 aromatic carbocycles. The van der Waals surface area contributed by atoms with Crippen LogP contribution in [0.4, 0.5) is 5.82 Å². The summed E-state index contributed by atoms with van der Waals surface area (Å²) in [7, 11) is 0. The van der Waals surface area contributed by atoms with Crippen molar-refractivity contribution in [2.45, 2.75) is 26.2 Å². The highest BCUT2D eigenvalue weighted by Crippen LogP contribution is 2.24. The Labute approximate surface area is 82.4 Å². The first-order valence-electron chi connectivity index (χ1n) is 4.29. The SMILES string of the molecule is CC(C)(C)c1cc(N)[nH]c(=O)c1C#N. The predicted molar refractivity (Wildman–Crippen MR) is 54.9 cm³/mol. The lowest BCUT2D eigenvalue weighted by Crippen LogP contribution is -2.22. The van der Waals surface area contributed by atoms with Crippen LogP contribution in [0.15, 0.2) is 10.9 Å². The molecular weight excluding hydrogens is 178 g/mol. The number of rotatable bonds is 0. The Kier molecular flexibility index (Phi) is 2.35. The zero-order chi connectivity index (χ0) is 10.9. The van der Waals surface area contributed by atoms with Gasteiger partial charge in [-0.2, -0.15) is 5.26 Å². The lowest BCUT2D eigenvalue weighted by atomic mass is 9.85. The molecular formula is C10H13N3O. The van der Waals surface area contributed by atoms with Crippen molar-refractivity contribution in [3.8, 4) is 6.07 Å². The number of nitrogen functional groups attached to an aromatic ring is 1. The van der Waals surface area contributed by atoms with Gasteiger partial charge >= 0.3 is 0 Å². The molecule has 0 saturated carbocycles. The molecule has 1 aromatic rings. The van der Waals surface area contributed by atoms with Gasteiger partial charge in [0.05, 0.1) is 0 Å². The highest BCUT2D eigenvalue weighted by Gasteiger charge is 2.20. The van der Waals surface area contributed by atoms with Crippen LogP contribution in [0.2, 0.25) is 0 Å². The molecule has 74 valence electrons. The van der Waals surface area contributed by atoms with Crippen molar-refractivity contribution in [3.63, 3.8) is 0 Å². The van der Waals surface area contributed by atoms with E-state index in [1.54, 1.807) is 6.07 Å². The van der Waals surface area contributed by atoms with Crippen molar-refractivity contribution in [1.29, 1.82) is 5.26 Å². The number of nitrogens with one attached hydrogen (secondary N) is 1. The molecule has 1 heterocycles. The second-order valence-electron chi connectivity index (χ2n) is 4.20. The molecule has 14 heavy (non-hydrogen) atoms. The fourth-order valence-corrected chi connectivity index (χ4v) is 1.28. The number of H-pyrrole nitrogens is 1. The largest absolute Gasteiger partial charge is 0.385 e. The van der Waals surface area contributed by atoms with Crippen molar-refractivity contribution < 1.29 is 0 Å². The van der Waals surface area contributed by atoms with Gasteiger partial charge in [0.1, 0.15) is 17.5 Å². The summed E-state index contributed by atoms with van der Waals surface area (Å²) in [5, 5.41) is 8.84. The summed E-state index contributed by atoms with van der Waals surface area (Å²) in [4.78, 5) is 13.8. The second kappa shape index (κ2) is 3.18. The zero-order valence-electron chi connectivity index (χ0n) is 8.51. The lowest BCUT2D eigenvalue weighted by molar-refractivity contribution is 0.587. The summed E-state index contributed by atoms with van der Waals surface area (Å²) in [6.07, 6.45) is 0. The van der Waals surface area contributed by atoms with Gasteiger partial charge in [0.2, 0.25) is 0 Å². The van der Waals surface area contributed by atoms with Crippen LogP contribution in [-0.2, 0) is 5.41 Å². The number of nitrogens with two attached hydrogens (primary N) is 1. The van der Waals surface area contributed by atoms with E-state index in [-0.39, 0.29) is 11.0 Å². The van der Waals surface area contributed by atoms with Gasteiger partial charge in [-0.05, 0) is 17.0 Å². The van der Waals surface area contributed by atoms with E-state index in [9.17, 15) is 4.79 Å². The molecule has 1 rings (SSSR count). The minimum absolute atomic E-state index is 0.145. The number of pyridine rings is 1. The summed E-state index contributed by atoms with van der Waals surface area (Å²) in [6.45, 7) is 5.80. The number of aromatic nitrogens is 1. The van der Waals surface area contributed by atoms with Crippen LogP contribution in [0.25, 0.3) is 0 Å². The normalized spacial score (nSPS) is 11.0. The van der Waals surface area contributed by atoms with Crippen LogP contribution < -0.4 is 11.3 Å². The average Bonchev–Trinajstić information content (AvgIpc) is 2.01. The fraction of sp³-hybridized carbons (Fsp3) is 0.400. The number of hydrogen-bond acceptors (Lipinski definition) is 3. The highest BCUT2D eigenvalue weighted by molar-refractivity contribution is 5.46. The molecule has 0 amide bonds. The van der Waals surface area contributed by atoms with E-state index in [0.717, 1.165) is 0 Å². The van der Waals surface area contributed by atoms with Gasteiger partial charge in [-0.15, -0.1) is 0 Å². The molecule has 4 heteroatoms. The Balaban J connectivity index is 3.59. The van der Waals surface area contributed by atoms with Crippen LogP contribution in [0.3, 0.4) is 0 Å². The van der Waals surface area contributed by atoms with Crippen LogP contribution in [0, 0.1) is 11.3 Å². The standard InChI is InChI=1S/C10H13N3O/c1-10(2,3)7-4-8(12)13-9(14)6(7)5-11/h4H,1-3H3,(H3,12,13,14). The summed E-state index contributed by atoms with van der Waals surface area (Å²) in [5.74, 6) is 0.291. The minimum Gasteiger partial charge on any atom is -0.385 e. The summed E-state index contributed by atoms with van der Waals surface area (Å²) < 4.78 is 0. The summed E-state index contributed by atoms with van der Waals surface area (Å²) in [5.41, 5.74) is 5.67. The molecule has 4 nitrogen and oxygen atoms in total. The maximum Gasteiger partial charge on any atom is 0.267 e. The van der Waals surface area contributed by atoms with Gasteiger partial charge in [0.25, 0.3) is 5.56 Å². The molecule has 0 aliphatic heterocycles. The van der Waals surface area contributed by atoms with Gasteiger partial charge in [-0.1, -0.05) is 20.8 Å². The van der Waals surface area contributed by atoms with Crippen LogP contribution in [0.1, 0.15) is 31.9 Å². The van der Waals surface area contributed by atoms with E-state index in [1.165, 1.54) is 0 Å². The third-order valence-electron chi connectivity index (χ3n) is 1.97. The Morgan fingerprint density at radius 1 is 1.50 bits per heavy atom. The van der Waals surface area contributed by atoms with Gasteiger partial charge in [0, 0.05) is 0 Å². The van der Waals surface area contributed by atoms with Crippen molar-refractivity contribution in [3.05, 3.63) is 27.5 Å². The first-order chi connectivity index (χ1) is 6.36. The molecule has 0 fully saturated rings. The minimum atomic E-state index is -0.419. The Bertz CT molecular complexity index is 446. The van der Waals surface area contributed by atoms with Crippen molar-refractivity contribution >= 4 is 5.82 Å². The number of nitrogens with zero attached hydrogens (tertiary/aromatic N) is 1. The molecule has 3 N–H and O–H groups in total. The first kappa shape index (κ1) is 10.3. The van der Waals surface area contributed by atoms with E-state index in [4.69, 9.17) is 11.0 Å². The molecule has 0 atom stereocenters. The molecule has 0 bridgehead atoms. The fourth-order valence-electron chi connectivity index (χ4n) is 1.28. The number of nitriles is 1. The van der Waals surface area contributed by atoms with Gasteiger partial charge in [-0.25, -0.2) is 0 Å². The average molecular weight is 191 g/mol. The van der Waals surface area contributed by atoms with Crippen LogP contribution in [-0.4, -0.2) is 4.98 Å². The lowest BCUT2D eigenvalue weighted by Gasteiger charge is -2.20. The summed E-state index contributed by atoms with van der Waals surface area (Å²) >= 11 is 0. The van der Waals surface area contributed by atoms with Crippen molar-refractivity contribution in [2.75, 3.05) is 5.73 Å². The maximum atomic E-state index is 11.4. The van der Waals surface area contributed by atoms with Gasteiger partial charge in [0.15, 0.2) is 0 Å². The molecule has 0 radical (unpaired) electrons. The molecule has 0 aliphatic carbocycles. The molecule has 0 aliphatic rings. The monoisotopic (exact) mass is 191 g/mol. The molecule has 0 saturated heterocycles. The number of aromatic amines is 1. The van der Waals surface area contributed by atoms with E-state index in [1.807, 2.05) is 26.8 Å². The molecule has 0 spiro atoms. The Hall–Kier alpha value is -1.76. The third-order valence-corrected chi connectivity index (χ3v) is 1.97. The first-order valence-corrected chi connectivity index (χ1v) is 4.29. The predicted octanol–water partition coefficient (Wildman–Crippen LogP) is 1.13. The Morgan fingerprint density at radius 2 is 2.07 bits per heavy atom. The number of hydrogen-bond donors (Lipinski definition) is 2. The van der Waals surface area contributed by atoms with E-state index in [0.29, 0.717) is 11.4 Å². The molecule has 0 unspecified atom stereocenters. The second-order valence-corrected chi connectivity index (χ2v) is 4.20. The molecule has 1 aromatic heterocycles. The highest BCUT2D eigenvalue weighted by atomic mass is 16.1. The third kappa shape index (κ3) is 1.77. The van der Waals surface area contributed by atoms with Crippen molar-refractivity contribution in [2.24, 2.45) is 0 Å². The number of anilines is 1. The maximum absolute atomic E-state index is 11.4. The van der Waals surface area contributed by atoms with Gasteiger partial charge < -0.3 is 10.7 Å². The van der Waals surface area contributed by atoms with Crippen LogP contribution in [0.5, 0.6) is 0 Å². The van der Waals surface area contributed by atoms with Crippen LogP contribution >= 0.6 is 0 Å². The van der Waals surface area contributed by atoms with Crippen molar-refractivity contribution in [1.82, 2.24) is 4.98 Å². The summed E-state index contributed by atoms with van der Waals surface area (Å²) in [6, 6.07) is 3.54. The Morgan fingerprint density at radius 3 is 2.50 bits per heavy atom. The smallest absolute Gasteiger partial charge is 0.267 e. The quantitative estimate of drug-likeness (QED) is 0.644. The topological polar surface area (TPSA) is 82.7 Å². The van der Waals surface area contributed by atoms with Gasteiger partial charge in [-0.3, -0.25) is 4.79 Å². The van der Waals surface area contributed by atoms with E-state index >= 15 is 0 Å². The van der Waals surface area contributed by atoms with E-state index in [2.05, 4.69) is 4.98 Å².